The first-order valence-electron chi connectivity index (χ1n) is 7.55. The molecule has 0 spiro atoms. The molecule has 1 aliphatic rings. The maximum absolute atomic E-state index is 13.9. The van der Waals surface area contributed by atoms with E-state index in [1.807, 2.05) is 13.8 Å². The van der Waals surface area contributed by atoms with E-state index in [1.54, 1.807) is 0 Å². The van der Waals surface area contributed by atoms with Crippen LogP contribution in [0.15, 0.2) is 12.1 Å². The lowest BCUT2D eigenvalue weighted by Crippen LogP contribution is -2.18. The monoisotopic (exact) mass is 329 g/mol. The van der Waals surface area contributed by atoms with Crippen molar-refractivity contribution in [2.45, 2.75) is 45.6 Å². The second-order valence-corrected chi connectivity index (χ2v) is 6.31. The van der Waals surface area contributed by atoms with Crippen LogP contribution >= 0.6 is 11.6 Å². The number of carbonyl (C=O) groups is 1. The summed E-state index contributed by atoms with van der Waals surface area (Å²) in [6, 6.07) is 2.55. The molecule has 0 bridgehead atoms. The summed E-state index contributed by atoms with van der Waals surface area (Å²) in [4.78, 5) is 11.6. The number of ether oxygens (including phenoxy) is 2. The van der Waals surface area contributed by atoms with Crippen molar-refractivity contribution in [3.05, 3.63) is 23.0 Å². The van der Waals surface area contributed by atoms with Gasteiger partial charge in [0.05, 0.1) is 23.4 Å². The zero-order valence-electron chi connectivity index (χ0n) is 12.8. The maximum Gasteiger partial charge on any atom is 0.411 e. The van der Waals surface area contributed by atoms with Gasteiger partial charge in [-0.3, -0.25) is 5.32 Å². The quantitative estimate of drug-likeness (QED) is 0.826. The fourth-order valence-corrected chi connectivity index (χ4v) is 2.48. The Hall–Kier alpha value is -1.49. The number of amides is 1. The molecule has 6 heteroatoms. The summed E-state index contributed by atoms with van der Waals surface area (Å²) in [5.41, 5.74) is 0.00570. The van der Waals surface area contributed by atoms with Crippen molar-refractivity contribution in [3.8, 4) is 5.75 Å². The van der Waals surface area contributed by atoms with Gasteiger partial charge in [0.15, 0.2) is 0 Å². The van der Waals surface area contributed by atoms with Crippen molar-refractivity contribution in [2.75, 3.05) is 11.9 Å². The van der Waals surface area contributed by atoms with Gasteiger partial charge in [-0.2, -0.15) is 0 Å². The van der Waals surface area contributed by atoms with Crippen LogP contribution in [-0.2, 0) is 4.74 Å². The molecule has 1 fully saturated rings. The molecule has 0 heterocycles. The molecular weight excluding hydrogens is 309 g/mol. The van der Waals surface area contributed by atoms with Crippen molar-refractivity contribution in [1.29, 1.82) is 0 Å². The second-order valence-electron chi connectivity index (χ2n) is 5.90. The summed E-state index contributed by atoms with van der Waals surface area (Å²) < 4.78 is 24.7. The number of nitrogens with one attached hydrogen (secondary N) is 1. The van der Waals surface area contributed by atoms with E-state index in [0.717, 1.165) is 31.7 Å². The minimum absolute atomic E-state index is 0.00570. The lowest BCUT2D eigenvalue weighted by molar-refractivity contribution is 0.147. The summed E-state index contributed by atoms with van der Waals surface area (Å²) in [5.74, 6) is -0.0264. The Morgan fingerprint density at radius 3 is 2.73 bits per heavy atom. The third kappa shape index (κ3) is 4.77. The van der Waals surface area contributed by atoms with Gasteiger partial charge in [0.2, 0.25) is 0 Å². The average molecular weight is 330 g/mol. The molecule has 0 aliphatic heterocycles. The van der Waals surface area contributed by atoms with E-state index in [4.69, 9.17) is 21.1 Å². The van der Waals surface area contributed by atoms with Crippen LogP contribution in [0.3, 0.4) is 0 Å². The number of hydrogen-bond acceptors (Lipinski definition) is 3. The number of benzene rings is 1. The standard InChI is InChI=1S/C16H21ClFNO3/c1-10(2)9-21-16(20)19-14-8-15(12(17)7-13(14)18)22-11-5-3-4-6-11/h7-8,10-11H,3-6,9H2,1-2H3,(H,19,20). The molecule has 1 aromatic carbocycles. The molecule has 1 aromatic rings. The highest BCUT2D eigenvalue weighted by molar-refractivity contribution is 6.32. The van der Waals surface area contributed by atoms with Crippen LogP contribution in [0.5, 0.6) is 5.75 Å². The number of halogens is 2. The van der Waals surface area contributed by atoms with Gasteiger partial charge in [0, 0.05) is 6.07 Å². The van der Waals surface area contributed by atoms with E-state index in [2.05, 4.69) is 5.32 Å². The summed E-state index contributed by atoms with van der Waals surface area (Å²) in [6.07, 6.45) is 3.58. The predicted molar refractivity (Wildman–Crippen MR) is 84.1 cm³/mol. The highest BCUT2D eigenvalue weighted by atomic mass is 35.5. The molecule has 0 unspecified atom stereocenters. The van der Waals surface area contributed by atoms with Gasteiger partial charge in [-0.1, -0.05) is 25.4 Å². The maximum atomic E-state index is 13.9. The number of hydrogen-bond donors (Lipinski definition) is 1. The molecule has 1 amide bonds. The van der Waals surface area contributed by atoms with Gasteiger partial charge < -0.3 is 9.47 Å². The van der Waals surface area contributed by atoms with E-state index in [-0.39, 0.29) is 29.3 Å². The molecule has 22 heavy (non-hydrogen) atoms. The van der Waals surface area contributed by atoms with Gasteiger partial charge in [0.1, 0.15) is 11.6 Å². The highest BCUT2D eigenvalue weighted by Gasteiger charge is 2.20. The minimum atomic E-state index is -0.693. The fourth-order valence-electron chi connectivity index (χ4n) is 2.29. The summed E-state index contributed by atoms with van der Waals surface area (Å²) in [7, 11) is 0. The third-order valence-electron chi connectivity index (χ3n) is 3.40. The molecular formula is C16H21ClFNO3. The van der Waals surface area contributed by atoms with Gasteiger partial charge in [-0.05, 0) is 37.7 Å². The molecule has 122 valence electrons. The van der Waals surface area contributed by atoms with Crippen molar-refractivity contribution in [2.24, 2.45) is 5.92 Å². The van der Waals surface area contributed by atoms with Gasteiger partial charge in [-0.15, -0.1) is 0 Å². The number of rotatable bonds is 5. The van der Waals surface area contributed by atoms with Crippen LogP contribution in [0, 0.1) is 11.7 Å². The van der Waals surface area contributed by atoms with E-state index < -0.39 is 11.9 Å². The number of carbonyl (C=O) groups excluding carboxylic acids is 1. The minimum Gasteiger partial charge on any atom is -0.489 e. The Bertz CT molecular complexity index is 530. The first-order chi connectivity index (χ1) is 10.5. The van der Waals surface area contributed by atoms with Gasteiger partial charge >= 0.3 is 6.09 Å². The Morgan fingerprint density at radius 1 is 1.41 bits per heavy atom. The Kier molecular flexibility index (Phi) is 5.89. The first-order valence-corrected chi connectivity index (χ1v) is 7.93. The molecule has 0 aromatic heterocycles. The lowest BCUT2D eigenvalue weighted by Gasteiger charge is -2.16. The largest absolute Gasteiger partial charge is 0.489 e. The van der Waals surface area contributed by atoms with Crippen molar-refractivity contribution in [1.82, 2.24) is 0 Å². The number of anilines is 1. The summed E-state index contributed by atoms with van der Waals surface area (Å²) >= 11 is 6.01. The van der Waals surface area contributed by atoms with Crippen LogP contribution in [0.1, 0.15) is 39.5 Å². The zero-order valence-corrected chi connectivity index (χ0v) is 13.6. The molecule has 0 atom stereocenters. The topological polar surface area (TPSA) is 47.6 Å². The second kappa shape index (κ2) is 7.68. The summed E-state index contributed by atoms with van der Waals surface area (Å²) in [6.45, 7) is 4.11. The van der Waals surface area contributed by atoms with Gasteiger partial charge in [-0.25, -0.2) is 9.18 Å². The van der Waals surface area contributed by atoms with E-state index in [0.29, 0.717) is 5.75 Å². The van der Waals surface area contributed by atoms with Crippen molar-refractivity contribution in [3.63, 3.8) is 0 Å². The van der Waals surface area contributed by atoms with Crippen molar-refractivity contribution < 1.29 is 18.7 Å². The lowest BCUT2D eigenvalue weighted by atomic mass is 10.2. The highest BCUT2D eigenvalue weighted by Crippen LogP contribution is 2.33. The molecule has 1 N–H and O–H groups in total. The first kappa shape index (κ1) is 16.9. The molecule has 0 radical (unpaired) electrons. The third-order valence-corrected chi connectivity index (χ3v) is 3.70. The predicted octanol–water partition coefficient (Wildman–Crippen LogP) is 5.01. The van der Waals surface area contributed by atoms with Crippen LogP contribution < -0.4 is 10.1 Å². The van der Waals surface area contributed by atoms with Gasteiger partial charge in [0.25, 0.3) is 0 Å². The SMILES string of the molecule is CC(C)COC(=O)Nc1cc(OC2CCCC2)c(Cl)cc1F. The fraction of sp³-hybridized carbons (Fsp3) is 0.562. The molecule has 0 saturated heterocycles. The Labute approximate surface area is 134 Å². The molecule has 2 rings (SSSR count). The van der Waals surface area contributed by atoms with Crippen LogP contribution in [0.2, 0.25) is 5.02 Å². The molecule has 4 nitrogen and oxygen atoms in total. The van der Waals surface area contributed by atoms with E-state index in [1.165, 1.54) is 6.07 Å². The molecule has 1 aliphatic carbocycles. The smallest absolute Gasteiger partial charge is 0.411 e. The van der Waals surface area contributed by atoms with Crippen molar-refractivity contribution >= 4 is 23.4 Å². The van der Waals surface area contributed by atoms with Crippen LogP contribution in [0.25, 0.3) is 0 Å². The average Bonchev–Trinajstić information content (AvgIpc) is 2.95. The van der Waals surface area contributed by atoms with Crippen LogP contribution in [0.4, 0.5) is 14.9 Å². The van der Waals surface area contributed by atoms with E-state index in [9.17, 15) is 9.18 Å². The van der Waals surface area contributed by atoms with Crippen LogP contribution in [-0.4, -0.2) is 18.8 Å². The molecule has 1 saturated carbocycles. The van der Waals surface area contributed by atoms with E-state index >= 15 is 0 Å². The Balaban J connectivity index is 2.05. The normalized spacial score (nSPS) is 15.1. The summed E-state index contributed by atoms with van der Waals surface area (Å²) in [5, 5.41) is 2.58. The Morgan fingerprint density at radius 2 is 2.09 bits per heavy atom. The zero-order chi connectivity index (χ0) is 16.1.